The molecule has 3 heteroatoms. The lowest BCUT2D eigenvalue weighted by Crippen LogP contribution is -2.13. The van der Waals surface area contributed by atoms with Crippen LogP contribution in [0.5, 0.6) is 5.75 Å². The van der Waals surface area contributed by atoms with Gasteiger partial charge in [0.25, 0.3) is 0 Å². The van der Waals surface area contributed by atoms with Crippen LogP contribution in [0.1, 0.15) is 56.9 Å². The fourth-order valence-electron chi connectivity index (χ4n) is 3.96. The van der Waals surface area contributed by atoms with Gasteiger partial charge in [-0.25, -0.2) is 4.79 Å². The molecule has 0 radical (unpaired) electrons. The lowest BCUT2D eigenvalue weighted by molar-refractivity contribution is 0.144. The van der Waals surface area contributed by atoms with Gasteiger partial charge in [0.2, 0.25) is 0 Å². The molecule has 0 saturated heterocycles. The molecule has 1 N–H and O–H groups in total. The van der Waals surface area contributed by atoms with E-state index in [1.165, 1.54) is 44.1 Å². The van der Waals surface area contributed by atoms with Gasteiger partial charge in [-0.2, -0.15) is 0 Å². The van der Waals surface area contributed by atoms with E-state index >= 15 is 0 Å². The molecule has 0 spiro atoms. The van der Waals surface area contributed by atoms with Gasteiger partial charge in [-0.1, -0.05) is 56.2 Å². The maximum Gasteiger partial charge on any atom is 0.511 e. The first-order valence-electron chi connectivity index (χ1n) is 9.27. The van der Waals surface area contributed by atoms with E-state index in [2.05, 4.69) is 35.9 Å². The number of rotatable bonds is 5. The van der Waals surface area contributed by atoms with E-state index in [1.54, 1.807) is 12.1 Å². The molecule has 0 aromatic heterocycles. The first-order valence-corrected chi connectivity index (χ1v) is 9.27. The van der Waals surface area contributed by atoms with E-state index in [-0.39, 0.29) is 0 Å². The summed E-state index contributed by atoms with van der Waals surface area (Å²) in [6.07, 6.45) is 6.76. The maximum atomic E-state index is 10.5. The van der Waals surface area contributed by atoms with Crippen LogP contribution in [-0.4, -0.2) is 11.3 Å². The first-order chi connectivity index (χ1) is 12.2. The molecule has 1 fully saturated rings. The normalized spacial score (nSPS) is 20.2. The third-order valence-electron chi connectivity index (χ3n) is 5.32. The monoisotopic (exact) mass is 338 g/mol. The van der Waals surface area contributed by atoms with Gasteiger partial charge in [-0.05, 0) is 66.3 Å². The molecule has 1 aliphatic rings. The summed E-state index contributed by atoms with van der Waals surface area (Å²) in [6, 6.07) is 16.0. The minimum absolute atomic E-state index is 0.344. The van der Waals surface area contributed by atoms with Crippen LogP contribution in [-0.2, 0) is 0 Å². The van der Waals surface area contributed by atoms with Crippen molar-refractivity contribution in [2.45, 2.75) is 51.4 Å². The Morgan fingerprint density at radius 1 is 0.960 bits per heavy atom. The minimum Gasteiger partial charge on any atom is -0.449 e. The van der Waals surface area contributed by atoms with E-state index in [1.807, 2.05) is 12.1 Å². The number of hydrogen-bond donors (Lipinski definition) is 1. The van der Waals surface area contributed by atoms with Crippen molar-refractivity contribution >= 4 is 6.16 Å². The Balaban J connectivity index is 1.63. The Hall–Kier alpha value is -2.29. The summed E-state index contributed by atoms with van der Waals surface area (Å²) in [5, 5.41) is 8.63. The second-order valence-corrected chi connectivity index (χ2v) is 7.02. The Morgan fingerprint density at radius 2 is 1.52 bits per heavy atom. The Bertz CT molecular complexity index is 680. The Kier molecular flexibility index (Phi) is 5.75. The molecular weight excluding hydrogens is 312 g/mol. The van der Waals surface area contributed by atoms with Crippen LogP contribution < -0.4 is 4.74 Å². The molecule has 0 amide bonds. The third kappa shape index (κ3) is 4.62. The van der Waals surface area contributed by atoms with Gasteiger partial charge < -0.3 is 9.84 Å². The van der Waals surface area contributed by atoms with Crippen LogP contribution in [0.4, 0.5) is 4.79 Å². The van der Waals surface area contributed by atoms with Gasteiger partial charge in [0, 0.05) is 0 Å². The van der Waals surface area contributed by atoms with E-state index in [4.69, 9.17) is 5.11 Å². The quantitative estimate of drug-likeness (QED) is 0.501. The largest absolute Gasteiger partial charge is 0.511 e. The highest BCUT2D eigenvalue weighted by molar-refractivity contribution is 5.66. The summed E-state index contributed by atoms with van der Waals surface area (Å²) in [6.45, 7) is 2.28. The van der Waals surface area contributed by atoms with Crippen molar-refractivity contribution in [1.82, 2.24) is 0 Å². The Labute approximate surface area is 149 Å². The summed E-state index contributed by atoms with van der Waals surface area (Å²) in [5.41, 5.74) is 3.66. The zero-order chi connectivity index (χ0) is 17.6. The number of carbonyl (C=O) groups is 1. The zero-order valence-corrected chi connectivity index (χ0v) is 14.8. The second-order valence-electron chi connectivity index (χ2n) is 7.02. The highest BCUT2D eigenvalue weighted by Gasteiger charge is 2.21. The highest BCUT2D eigenvalue weighted by atomic mass is 16.7. The maximum absolute atomic E-state index is 10.5. The van der Waals surface area contributed by atoms with Gasteiger partial charge in [-0.3, -0.25) is 0 Å². The zero-order valence-electron chi connectivity index (χ0n) is 14.8. The Morgan fingerprint density at radius 3 is 2.04 bits per heavy atom. The third-order valence-corrected chi connectivity index (χ3v) is 5.32. The van der Waals surface area contributed by atoms with Crippen molar-refractivity contribution in [2.24, 2.45) is 5.92 Å². The van der Waals surface area contributed by atoms with Gasteiger partial charge in [0.05, 0.1) is 0 Å². The topological polar surface area (TPSA) is 46.5 Å². The molecule has 2 aromatic carbocycles. The molecule has 0 heterocycles. The van der Waals surface area contributed by atoms with Crippen LogP contribution in [0.15, 0.2) is 48.5 Å². The fraction of sp³-hybridized carbons (Fsp3) is 0.409. The predicted octanol–water partition coefficient (Wildman–Crippen LogP) is 6.48. The van der Waals surface area contributed by atoms with Crippen LogP contribution in [0, 0.1) is 5.92 Å². The number of carboxylic acid groups (broad SMARTS) is 1. The van der Waals surface area contributed by atoms with Crippen LogP contribution >= 0.6 is 0 Å². The predicted molar refractivity (Wildman–Crippen MR) is 100 cm³/mol. The molecule has 2 aromatic rings. The summed E-state index contributed by atoms with van der Waals surface area (Å²) in [5.74, 6) is 1.98. The van der Waals surface area contributed by atoms with Crippen molar-refractivity contribution in [2.75, 3.05) is 0 Å². The molecule has 3 nitrogen and oxygen atoms in total. The fourth-order valence-corrected chi connectivity index (χ4v) is 3.96. The lowest BCUT2D eigenvalue weighted by atomic mass is 9.77. The summed E-state index contributed by atoms with van der Waals surface area (Å²) >= 11 is 0. The van der Waals surface area contributed by atoms with E-state index in [9.17, 15) is 4.79 Å². The van der Waals surface area contributed by atoms with E-state index < -0.39 is 6.16 Å². The van der Waals surface area contributed by atoms with E-state index in [0.717, 1.165) is 17.0 Å². The van der Waals surface area contributed by atoms with Crippen molar-refractivity contribution in [3.05, 3.63) is 54.1 Å². The van der Waals surface area contributed by atoms with Gasteiger partial charge >= 0.3 is 6.16 Å². The molecule has 132 valence electrons. The molecule has 0 bridgehead atoms. The molecule has 0 atom stereocenters. The SMILES string of the molecule is CCCC1CCC(c2ccc(-c3ccc(OC(=O)O)cc3)cc2)CC1. The average molecular weight is 338 g/mol. The minimum atomic E-state index is -1.29. The standard InChI is InChI=1S/C22H26O3/c1-2-3-16-4-6-17(7-5-16)18-8-10-19(11-9-18)20-12-14-21(15-13-20)25-22(23)24/h8-17H,2-7H2,1H3,(H,23,24). The van der Waals surface area contributed by atoms with Crippen LogP contribution in [0.3, 0.4) is 0 Å². The van der Waals surface area contributed by atoms with Crippen molar-refractivity contribution < 1.29 is 14.6 Å². The lowest BCUT2D eigenvalue weighted by Gasteiger charge is -2.28. The first kappa shape index (κ1) is 17.5. The van der Waals surface area contributed by atoms with Crippen molar-refractivity contribution in [3.63, 3.8) is 0 Å². The molecule has 25 heavy (non-hydrogen) atoms. The summed E-state index contributed by atoms with van der Waals surface area (Å²) in [4.78, 5) is 10.5. The van der Waals surface area contributed by atoms with Crippen molar-refractivity contribution in [1.29, 1.82) is 0 Å². The molecule has 0 aliphatic heterocycles. The van der Waals surface area contributed by atoms with E-state index in [0.29, 0.717) is 11.7 Å². The summed E-state index contributed by atoms with van der Waals surface area (Å²) in [7, 11) is 0. The van der Waals surface area contributed by atoms with Gasteiger partial charge in [0.15, 0.2) is 0 Å². The van der Waals surface area contributed by atoms with Crippen LogP contribution in [0.2, 0.25) is 0 Å². The number of benzene rings is 2. The molecule has 0 unspecified atom stereocenters. The molecule has 1 saturated carbocycles. The molecule has 1 aliphatic carbocycles. The average Bonchev–Trinajstić information content (AvgIpc) is 2.63. The smallest absolute Gasteiger partial charge is 0.449 e. The van der Waals surface area contributed by atoms with Gasteiger partial charge in [-0.15, -0.1) is 0 Å². The number of hydrogen-bond acceptors (Lipinski definition) is 2. The van der Waals surface area contributed by atoms with Gasteiger partial charge in [0.1, 0.15) is 5.75 Å². The van der Waals surface area contributed by atoms with Crippen molar-refractivity contribution in [3.8, 4) is 16.9 Å². The second kappa shape index (κ2) is 8.19. The number of ether oxygens (including phenoxy) is 1. The van der Waals surface area contributed by atoms with Crippen LogP contribution in [0.25, 0.3) is 11.1 Å². The summed E-state index contributed by atoms with van der Waals surface area (Å²) < 4.78 is 4.65. The molecular formula is C22H26O3. The highest BCUT2D eigenvalue weighted by Crippen LogP contribution is 2.38. The molecule has 3 rings (SSSR count).